The number of aliphatic hydroxyl groups is 1. The third kappa shape index (κ3) is 2.54. The van der Waals surface area contributed by atoms with Crippen LogP contribution in [-0.2, 0) is 28.5 Å². The highest BCUT2D eigenvalue weighted by molar-refractivity contribution is 7.82. The van der Waals surface area contributed by atoms with Crippen molar-refractivity contribution in [2.24, 2.45) is 0 Å². The van der Waals surface area contributed by atoms with E-state index in [1.54, 1.807) is 0 Å². The van der Waals surface area contributed by atoms with Crippen LogP contribution < -0.4 is 0 Å². The lowest BCUT2D eigenvalue weighted by molar-refractivity contribution is -0.673. The smallest absolute Gasteiger partial charge is 0.336 e. The Morgan fingerprint density at radius 3 is 2.22 bits per heavy atom. The summed E-state index contributed by atoms with van der Waals surface area (Å²) in [6, 6.07) is 0. The van der Waals surface area contributed by atoms with Crippen LogP contribution in [-0.4, -0.2) is 25.3 Å². The molecule has 0 aromatic heterocycles. The zero-order valence-electron chi connectivity index (χ0n) is 10.3. The van der Waals surface area contributed by atoms with Gasteiger partial charge in [0.25, 0.3) is 0 Å². The fourth-order valence-corrected chi connectivity index (χ4v) is 3.06. The Labute approximate surface area is 106 Å². The van der Waals surface area contributed by atoms with Crippen molar-refractivity contribution in [3.05, 3.63) is 0 Å². The van der Waals surface area contributed by atoms with E-state index in [9.17, 15) is 13.5 Å². The lowest BCUT2D eigenvalue weighted by Gasteiger charge is -2.42. The fourth-order valence-electron chi connectivity index (χ4n) is 2.05. The number of hydrogen-bond acceptors (Lipinski definition) is 7. The summed E-state index contributed by atoms with van der Waals surface area (Å²) in [7, 11) is -4.25. The minimum atomic E-state index is -4.25. The molecule has 0 aromatic rings. The van der Waals surface area contributed by atoms with E-state index in [0.29, 0.717) is 6.42 Å². The van der Waals surface area contributed by atoms with Crippen LogP contribution in [0.2, 0.25) is 0 Å². The van der Waals surface area contributed by atoms with Gasteiger partial charge in [0.1, 0.15) is 0 Å². The van der Waals surface area contributed by atoms with Gasteiger partial charge in [-0.2, -0.15) is 22.4 Å². The Balaban J connectivity index is 1.79. The second kappa shape index (κ2) is 5.03. The predicted molar refractivity (Wildman–Crippen MR) is 58.9 cm³/mol. The number of fused-ring (bicyclic) bond motifs is 1. The zero-order valence-corrected chi connectivity index (χ0v) is 11.1. The lowest BCUT2D eigenvalue weighted by atomic mass is 10.0. The molecule has 8 heteroatoms. The van der Waals surface area contributed by atoms with E-state index in [4.69, 9.17) is 0 Å². The van der Waals surface area contributed by atoms with Gasteiger partial charge < -0.3 is 5.11 Å². The van der Waals surface area contributed by atoms with Crippen LogP contribution in [0.5, 0.6) is 0 Å². The molecule has 0 aliphatic carbocycles. The summed E-state index contributed by atoms with van der Waals surface area (Å²) in [4.78, 5) is 8.94. The third-order valence-electron chi connectivity index (χ3n) is 3.08. The van der Waals surface area contributed by atoms with Gasteiger partial charge in [0.05, 0.1) is 0 Å². The minimum absolute atomic E-state index is 0.203. The Morgan fingerprint density at radius 1 is 1.00 bits per heavy atom. The maximum Gasteiger partial charge on any atom is 0.407 e. The van der Waals surface area contributed by atoms with Crippen molar-refractivity contribution in [2.45, 2.75) is 63.6 Å². The molecule has 106 valence electrons. The van der Waals surface area contributed by atoms with Crippen molar-refractivity contribution in [2.75, 3.05) is 0 Å². The van der Waals surface area contributed by atoms with Gasteiger partial charge in [0, 0.05) is 6.42 Å². The Bertz CT molecular complexity index is 395. The maximum atomic E-state index is 11.1. The quantitative estimate of drug-likeness (QED) is 0.556. The highest BCUT2D eigenvalue weighted by Gasteiger charge is 2.76. The topological polar surface area (TPSA) is 91.3 Å². The van der Waals surface area contributed by atoms with Gasteiger partial charge in [-0.05, 0) is 6.42 Å². The van der Waals surface area contributed by atoms with Crippen LogP contribution >= 0.6 is 0 Å². The van der Waals surface area contributed by atoms with Crippen molar-refractivity contribution >= 4 is 10.4 Å². The average molecular weight is 282 g/mol. The van der Waals surface area contributed by atoms with E-state index in [2.05, 4.69) is 25.1 Å². The molecule has 2 saturated heterocycles. The summed E-state index contributed by atoms with van der Waals surface area (Å²) in [5.74, 6) is -4.05. The molecule has 18 heavy (non-hydrogen) atoms. The Kier molecular flexibility index (Phi) is 3.96. The van der Waals surface area contributed by atoms with Crippen LogP contribution in [0.3, 0.4) is 0 Å². The molecule has 2 aliphatic rings. The molecule has 0 amide bonds. The number of rotatable bonds is 7. The third-order valence-corrected chi connectivity index (χ3v) is 3.99. The van der Waals surface area contributed by atoms with Crippen LogP contribution in [0.25, 0.3) is 0 Å². The first kappa shape index (κ1) is 14.2. The predicted octanol–water partition coefficient (Wildman–Crippen LogP) is 1.33. The van der Waals surface area contributed by atoms with E-state index < -0.39 is 22.2 Å². The molecule has 2 heterocycles. The summed E-state index contributed by atoms with van der Waals surface area (Å²) in [5, 5.41) is 9.70. The van der Waals surface area contributed by atoms with Crippen molar-refractivity contribution in [1.82, 2.24) is 0 Å². The highest BCUT2D eigenvalue weighted by atomic mass is 32.3. The second-order valence-corrected chi connectivity index (χ2v) is 5.74. The van der Waals surface area contributed by atoms with Gasteiger partial charge >= 0.3 is 22.2 Å². The summed E-state index contributed by atoms with van der Waals surface area (Å²) >= 11 is 0. The van der Waals surface area contributed by atoms with Crippen molar-refractivity contribution < 1.29 is 31.7 Å². The van der Waals surface area contributed by atoms with Gasteiger partial charge in [-0.25, -0.2) is 4.18 Å². The van der Waals surface area contributed by atoms with Crippen LogP contribution in [0, 0.1) is 0 Å². The maximum absolute atomic E-state index is 11.1. The van der Waals surface area contributed by atoms with Gasteiger partial charge in [0.15, 0.2) is 0 Å². The van der Waals surface area contributed by atoms with Crippen molar-refractivity contribution in [3.63, 3.8) is 0 Å². The molecule has 0 spiro atoms. The molecule has 1 N–H and O–H groups in total. The number of unbranched alkanes of at least 4 members (excludes halogenated alkanes) is 5. The molecular formula is C10H18O7S. The molecule has 0 bridgehead atoms. The molecule has 2 atom stereocenters. The van der Waals surface area contributed by atoms with Gasteiger partial charge in [-0.3, -0.25) is 0 Å². The van der Waals surface area contributed by atoms with E-state index in [0.717, 1.165) is 25.7 Å². The van der Waals surface area contributed by atoms with Crippen LogP contribution in [0.15, 0.2) is 0 Å². The molecule has 0 saturated carbocycles. The number of hydrogen-bond donors (Lipinski definition) is 1. The largest absolute Gasteiger partial charge is 0.407 e. The Morgan fingerprint density at radius 2 is 1.67 bits per heavy atom. The van der Waals surface area contributed by atoms with E-state index in [1.165, 1.54) is 6.42 Å². The summed E-state index contributed by atoms with van der Waals surface area (Å²) in [5.41, 5.74) is 0. The molecular weight excluding hydrogens is 264 g/mol. The van der Waals surface area contributed by atoms with E-state index in [1.807, 2.05) is 0 Å². The SMILES string of the molecule is CCCCCCCCC12OOC1(O)OS(=O)(=O)O2. The van der Waals surface area contributed by atoms with E-state index in [-0.39, 0.29) is 6.42 Å². The van der Waals surface area contributed by atoms with Crippen molar-refractivity contribution in [3.8, 4) is 0 Å². The van der Waals surface area contributed by atoms with Crippen LogP contribution in [0.1, 0.15) is 51.9 Å². The monoisotopic (exact) mass is 282 g/mol. The van der Waals surface area contributed by atoms with Gasteiger partial charge in [-0.15, -0.1) is 0 Å². The minimum Gasteiger partial charge on any atom is -0.336 e. The van der Waals surface area contributed by atoms with E-state index >= 15 is 0 Å². The first-order valence-electron chi connectivity index (χ1n) is 6.18. The summed E-state index contributed by atoms with van der Waals surface area (Å²) in [6.45, 7) is 2.13. The first-order valence-corrected chi connectivity index (χ1v) is 7.52. The normalized spacial score (nSPS) is 37.2. The molecule has 0 radical (unpaired) electrons. The molecule has 2 rings (SSSR count). The fraction of sp³-hybridized carbons (Fsp3) is 1.00. The lowest BCUT2D eigenvalue weighted by Crippen LogP contribution is -2.65. The molecule has 2 unspecified atom stereocenters. The average Bonchev–Trinajstić information content (AvgIpc) is 2.42. The van der Waals surface area contributed by atoms with Crippen molar-refractivity contribution in [1.29, 1.82) is 0 Å². The van der Waals surface area contributed by atoms with Gasteiger partial charge in [-0.1, -0.05) is 39.0 Å². The molecule has 2 aliphatic heterocycles. The molecule has 7 nitrogen and oxygen atoms in total. The second-order valence-electron chi connectivity index (χ2n) is 4.59. The van der Waals surface area contributed by atoms with Gasteiger partial charge in [0.2, 0.25) is 0 Å². The molecule has 2 fully saturated rings. The first-order chi connectivity index (χ1) is 8.43. The van der Waals surface area contributed by atoms with Crippen LogP contribution in [0.4, 0.5) is 0 Å². The standard InChI is InChI=1S/C10H18O7S/c1-2-3-4-5-6-7-8-9-10(11,15-14-9)17-18(12,13)16-9/h11H,2-8H2,1H3. The molecule has 0 aromatic carbocycles. The Hall–Kier alpha value is -0.250. The summed E-state index contributed by atoms with van der Waals surface area (Å²) in [6.07, 6.45) is 6.31. The highest BCUT2D eigenvalue weighted by Crippen LogP contribution is 2.51. The zero-order chi connectivity index (χ0) is 13.3. The summed E-state index contributed by atoms with van der Waals surface area (Å²) < 4.78 is 31.1.